The van der Waals surface area contributed by atoms with Gasteiger partial charge >= 0.3 is 0 Å². The van der Waals surface area contributed by atoms with Crippen LogP contribution in [0, 0.1) is 0 Å². The lowest BCUT2D eigenvalue weighted by molar-refractivity contribution is 0.0929. The van der Waals surface area contributed by atoms with E-state index in [1.807, 2.05) is 48.0 Å². The van der Waals surface area contributed by atoms with E-state index in [4.69, 9.17) is 4.98 Å². The van der Waals surface area contributed by atoms with Gasteiger partial charge in [-0.2, -0.15) is 0 Å². The number of hydrogen-bond donors (Lipinski definition) is 2. The summed E-state index contributed by atoms with van der Waals surface area (Å²) in [6, 6.07) is 11.5. The van der Waals surface area contributed by atoms with Gasteiger partial charge in [-0.15, -0.1) is 0 Å². The van der Waals surface area contributed by atoms with E-state index in [9.17, 15) is 4.79 Å². The highest BCUT2D eigenvalue weighted by molar-refractivity contribution is 9.13. The second-order valence-corrected chi connectivity index (χ2v) is 8.72. The lowest BCUT2D eigenvalue weighted by atomic mass is 10.00. The second-order valence-electron chi connectivity index (χ2n) is 6.05. The Kier molecular flexibility index (Phi) is 5.09. The fourth-order valence-corrected chi connectivity index (χ4v) is 4.68. The molecule has 2 aromatic heterocycles. The van der Waals surface area contributed by atoms with Crippen LogP contribution in [0.15, 0.2) is 55.5 Å². The molecule has 2 N–H and O–H groups in total. The van der Waals surface area contributed by atoms with Gasteiger partial charge in [0.25, 0.3) is 0 Å². The van der Waals surface area contributed by atoms with Gasteiger partial charge in [-0.1, -0.05) is 30.0 Å². The molecule has 1 aliphatic rings. The lowest BCUT2D eigenvalue weighted by Crippen LogP contribution is -2.36. The standard InChI is InChI=1S/C18H16Br2N4OS/c1-24-13(9-11(19)17(24)20)16(25)15-14-12(7-8-21-15)22-18(23-14)26-10-5-3-2-4-6-10/h2-6,9,15,21H,7-8H2,1H3,(H,22,23). The summed E-state index contributed by atoms with van der Waals surface area (Å²) < 4.78 is 3.55. The zero-order valence-corrected chi connectivity index (χ0v) is 17.9. The number of nitrogens with one attached hydrogen (secondary N) is 2. The van der Waals surface area contributed by atoms with Crippen molar-refractivity contribution >= 4 is 49.4 Å². The Morgan fingerprint density at radius 3 is 2.77 bits per heavy atom. The van der Waals surface area contributed by atoms with E-state index in [1.54, 1.807) is 11.8 Å². The van der Waals surface area contributed by atoms with Crippen LogP contribution in [0.4, 0.5) is 0 Å². The molecule has 26 heavy (non-hydrogen) atoms. The van der Waals surface area contributed by atoms with Gasteiger partial charge in [0.05, 0.1) is 20.5 Å². The van der Waals surface area contributed by atoms with Gasteiger partial charge in [-0.25, -0.2) is 4.98 Å². The van der Waals surface area contributed by atoms with E-state index < -0.39 is 6.04 Å². The van der Waals surface area contributed by atoms with Gasteiger partial charge in [-0.05, 0) is 50.1 Å². The number of imidazole rings is 1. The van der Waals surface area contributed by atoms with E-state index >= 15 is 0 Å². The maximum Gasteiger partial charge on any atom is 0.202 e. The molecule has 134 valence electrons. The van der Waals surface area contributed by atoms with Gasteiger partial charge in [0, 0.05) is 30.6 Å². The molecule has 1 unspecified atom stereocenters. The lowest BCUT2D eigenvalue weighted by Gasteiger charge is -2.21. The molecule has 0 saturated heterocycles. The predicted molar refractivity (Wildman–Crippen MR) is 109 cm³/mol. The van der Waals surface area contributed by atoms with Crippen LogP contribution < -0.4 is 5.32 Å². The number of carbonyl (C=O) groups excluding carboxylic acids is 1. The largest absolute Gasteiger partial charge is 0.336 e. The first-order valence-electron chi connectivity index (χ1n) is 8.14. The highest BCUT2D eigenvalue weighted by Crippen LogP contribution is 2.33. The summed E-state index contributed by atoms with van der Waals surface area (Å²) in [4.78, 5) is 22.4. The number of nitrogens with zero attached hydrogens (tertiary/aromatic N) is 2. The Bertz CT molecular complexity index is 967. The molecule has 8 heteroatoms. The average molecular weight is 496 g/mol. The number of hydrogen-bond acceptors (Lipinski definition) is 4. The molecular weight excluding hydrogens is 480 g/mol. The van der Waals surface area contributed by atoms with Gasteiger partial charge in [0.1, 0.15) is 6.04 Å². The zero-order chi connectivity index (χ0) is 18.3. The Balaban J connectivity index is 1.64. The number of benzene rings is 1. The number of halogens is 2. The third-order valence-electron chi connectivity index (χ3n) is 4.37. The maximum absolute atomic E-state index is 13.1. The molecule has 3 aromatic rings. The van der Waals surface area contributed by atoms with Gasteiger partial charge in [-0.3, -0.25) is 4.79 Å². The highest BCUT2D eigenvalue weighted by atomic mass is 79.9. The molecule has 3 heterocycles. The first-order valence-corrected chi connectivity index (χ1v) is 10.5. The summed E-state index contributed by atoms with van der Waals surface area (Å²) in [7, 11) is 1.87. The van der Waals surface area contributed by atoms with Crippen molar-refractivity contribution in [2.45, 2.75) is 22.5 Å². The van der Waals surface area contributed by atoms with Crippen molar-refractivity contribution in [1.29, 1.82) is 0 Å². The van der Waals surface area contributed by atoms with Crippen molar-refractivity contribution in [2.24, 2.45) is 7.05 Å². The van der Waals surface area contributed by atoms with E-state index in [0.29, 0.717) is 5.69 Å². The van der Waals surface area contributed by atoms with Crippen LogP contribution in [0.1, 0.15) is 27.9 Å². The van der Waals surface area contributed by atoms with Crippen molar-refractivity contribution in [3.8, 4) is 0 Å². The minimum absolute atomic E-state index is 0.0163. The molecule has 0 saturated carbocycles. The molecule has 0 bridgehead atoms. The van der Waals surface area contributed by atoms with Gasteiger partial charge in [0.15, 0.2) is 5.16 Å². The van der Waals surface area contributed by atoms with E-state index in [0.717, 1.165) is 43.5 Å². The van der Waals surface area contributed by atoms with Crippen LogP contribution in [0.2, 0.25) is 0 Å². The molecular formula is C18H16Br2N4OS. The normalized spacial score (nSPS) is 16.5. The summed E-state index contributed by atoms with van der Waals surface area (Å²) in [6.07, 6.45) is 0.835. The Morgan fingerprint density at radius 1 is 1.31 bits per heavy atom. The number of aromatic amines is 1. The van der Waals surface area contributed by atoms with Crippen LogP contribution in [0.3, 0.4) is 0 Å². The van der Waals surface area contributed by atoms with Gasteiger partial charge in [0.2, 0.25) is 5.78 Å². The highest BCUT2D eigenvalue weighted by Gasteiger charge is 2.32. The minimum Gasteiger partial charge on any atom is -0.336 e. The van der Waals surface area contributed by atoms with Crippen LogP contribution >= 0.6 is 43.6 Å². The molecule has 0 spiro atoms. The Hall–Kier alpha value is -1.35. The third-order valence-corrected chi connectivity index (χ3v) is 7.36. The smallest absolute Gasteiger partial charge is 0.202 e. The molecule has 1 aliphatic heterocycles. The van der Waals surface area contributed by atoms with Gasteiger partial charge < -0.3 is 14.9 Å². The minimum atomic E-state index is -0.437. The molecule has 0 aliphatic carbocycles. The first kappa shape index (κ1) is 18.0. The van der Waals surface area contributed by atoms with E-state index in [2.05, 4.69) is 42.2 Å². The number of aromatic nitrogens is 3. The van der Waals surface area contributed by atoms with Crippen LogP contribution in [-0.2, 0) is 13.5 Å². The molecule has 5 nitrogen and oxygen atoms in total. The third kappa shape index (κ3) is 3.31. The quantitative estimate of drug-likeness (QED) is 0.523. The second kappa shape index (κ2) is 7.34. The summed E-state index contributed by atoms with van der Waals surface area (Å²) in [5.74, 6) is 0.0163. The van der Waals surface area contributed by atoms with Crippen molar-refractivity contribution in [3.63, 3.8) is 0 Å². The topological polar surface area (TPSA) is 62.7 Å². The van der Waals surface area contributed by atoms with E-state index in [1.165, 1.54) is 0 Å². The number of fused-ring (bicyclic) bond motifs is 1. The summed E-state index contributed by atoms with van der Waals surface area (Å²) in [5.41, 5.74) is 2.47. The van der Waals surface area contributed by atoms with E-state index in [-0.39, 0.29) is 5.78 Å². The number of ketones is 1. The summed E-state index contributed by atoms with van der Waals surface area (Å²) >= 11 is 8.52. The predicted octanol–water partition coefficient (Wildman–Crippen LogP) is 4.49. The molecule has 1 aromatic carbocycles. The van der Waals surface area contributed by atoms with Crippen LogP contribution in [0.5, 0.6) is 0 Å². The summed E-state index contributed by atoms with van der Waals surface area (Å²) in [6.45, 7) is 0.744. The number of carbonyl (C=O) groups is 1. The molecule has 0 radical (unpaired) electrons. The fraction of sp³-hybridized carbons (Fsp3) is 0.222. The van der Waals surface area contributed by atoms with Crippen molar-refractivity contribution in [2.75, 3.05) is 6.54 Å². The molecule has 0 fully saturated rings. The Morgan fingerprint density at radius 2 is 2.08 bits per heavy atom. The molecule has 1 atom stereocenters. The number of rotatable bonds is 4. The van der Waals surface area contributed by atoms with Crippen LogP contribution in [0.25, 0.3) is 0 Å². The van der Waals surface area contributed by atoms with Crippen molar-refractivity contribution in [3.05, 3.63) is 62.6 Å². The molecule has 0 amide bonds. The average Bonchev–Trinajstić information content (AvgIpc) is 3.17. The monoisotopic (exact) mass is 494 g/mol. The van der Waals surface area contributed by atoms with Crippen LogP contribution in [-0.4, -0.2) is 26.9 Å². The fourth-order valence-electron chi connectivity index (χ4n) is 3.06. The van der Waals surface area contributed by atoms with Crippen molar-refractivity contribution in [1.82, 2.24) is 19.9 Å². The number of Topliss-reactive ketones (excluding diaryl/α,β-unsaturated/α-hetero) is 1. The zero-order valence-electron chi connectivity index (χ0n) is 13.9. The first-order chi connectivity index (χ1) is 12.5. The molecule has 4 rings (SSSR count). The Labute approximate surface area is 172 Å². The maximum atomic E-state index is 13.1. The summed E-state index contributed by atoms with van der Waals surface area (Å²) in [5, 5.41) is 4.14. The van der Waals surface area contributed by atoms with Crippen molar-refractivity contribution < 1.29 is 4.79 Å². The number of H-pyrrole nitrogens is 1. The SMILES string of the molecule is Cn1c(C(=O)C2NCCc3[nH]c(Sc4ccccc4)nc32)cc(Br)c1Br.